The van der Waals surface area contributed by atoms with Crippen molar-refractivity contribution in [3.05, 3.63) is 29.3 Å². The van der Waals surface area contributed by atoms with Crippen LogP contribution in [0.15, 0.2) is 21.6 Å². The molecule has 0 unspecified atom stereocenters. The number of aromatic nitrogens is 3. The number of halogens is 3. The Bertz CT molecular complexity index is 892. The second-order valence-corrected chi connectivity index (χ2v) is 8.05. The molecule has 12 heteroatoms. The SMILES string of the molecule is Cc1noc(C)c1S(=O)(=O)N1CCCN(c2ccc(C(F)(F)F)nn2)CC1. The third-order valence-electron chi connectivity index (χ3n) is 4.29. The van der Waals surface area contributed by atoms with E-state index in [9.17, 15) is 21.6 Å². The van der Waals surface area contributed by atoms with Gasteiger partial charge in [-0.05, 0) is 32.4 Å². The lowest BCUT2D eigenvalue weighted by Crippen LogP contribution is -2.36. The molecule has 3 rings (SSSR count). The summed E-state index contributed by atoms with van der Waals surface area (Å²) in [5, 5.41) is 10.5. The van der Waals surface area contributed by atoms with Gasteiger partial charge in [-0.25, -0.2) is 8.42 Å². The number of hydrogen-bond donors (Lipinski definition) is 0. The van der Waals surface area contributed by atoms with Gasteiger partial charge >= 0.3 is 6.18 Å². The molecule has 0 N–H and O–H groups in total. The first-order chi connectivity index (χ1) is 12.6. The van der Waals surface area contributed by atoms with E-state index in [1.54, 1.807) is 11.8 Å². The van der Waals surface area contributed by atoms with Gasteiger partial charge in [0.2, 0.25) is 10.0 Å². The Morgan fingerprint density at radius 1 is 1.07 bits per heavy atom. The first kappa shape index (κ1) is 19.5. The summed E-state index contributed by atoms with van der Waals surface area (Å²) in [6.45, 7) is 4.27. The number of nitrogens with zero attached hydrogens (tertiary/aromatic N) is 5. The molecule has 0 saturated carbocycles. The van der Waals surface area contributed by atoms with E-state index in [1.807, 2.05) is 0 Å². The molecule has 2 aromatic rings. The molecule has 1 aliphatic heterocycles. The monoisotopic (exact) mass is 405 g/mol. The minimum absolute atomic E-state index is 0.0604. The highest BCUT2D eigenvalue weighted by molar-refractivity contribution is 7.89. The Kier molecular flexibility index (Phi) is 5.12. The zero-order valence-corrected chi connectivity index (χ0v) is 15.5. The number of rotatable bonds is 3. The van der Waals surface area contributed by atoms with E-state index in [0.29, 0.717) is 18.7 Å². The molecular formula is C15H18F3N5O3S. The van der Waals surface area contributed by atoms with E-state index >= 15 is 0 Å². The summed E-state index contributed by atoms with van der Waals surface area (Å²) in [6, 6.07) is 2.11. The van der Waals surface area contributed by atoms with Crippen molar-refractivity contribution in [3.63, 3.8) is 0 Å². The topological polar surface area (TPSA) is 92.4 Å². The number of hydrogen-bond acceptors (Lipinski definition) is 7. The third-order valence-corrected chi connectivity index (χ3v) is 6.43. The highest BCUT2D eigenvalue weighted by Crippen LogP contribution is 2.28. The summed E-state index contributed by atoms with van der Waals surface area (Å²) in [5.41, 5.74) is -0.772. The standard InChI is InChI=1S/C15H18F3N5O3S/c1-10-14(11(2)26-21-10)27(24,25)23-7-3-6-22(8-9-23)13-5-4-12(19-20-13)15(16,17)18/h4-5H,3,6-9H2,1-2H3. The van der Waals surface area contributed by atoms with Crippen molar-refractivity contribution in [2.75, 3.05) is 31.1 Å². The molecule has 1 saturated heterocycles. The van der Waals surface area contributed by atoms with Crippen LogP contribution in [0.4, 0.5) is 19.0 Å². The molecule has 0 aliphatic carbocycles. The van der Waals surface area contributed by atoms with Gasteiger partial charge in [-0.15, -0.1) is 10.2 Å². The highest BCUT2D eigenvalue weighted by atomic mass is 32.2. The van der Waals surface area contributed by atoms with Crippen molar-refractivity contribution in [2.45, 2.75) is 31.3 Å². The van der Waals surface area contributed by atoms with Crippen LogP contribution in [0.1, 0.15) is 23.6 Å². The van der Waals surface area contributed by atoms with Gasteiger partial charge in [0.15, 0.2) is 17.3 Å². The van der Waals surface area contributed by atoms with Crippen LogP contribution in [0.5, 0.6) is 0 Å². The van der Waals surface area contributed by atoms with Crippen molar-refractivity contribution in [2.24, 2.45) is 0 Å². The van der Waals surface area contributed by atoms with E-state index in [4.69, 9.17) is 4.52 Å². The second kappa shape index (κ2) is 7.08. The lowest BCUT2D eigenvalue weighted by atomic mass is 10.3. The zero-order chi connectivity index (χ0) is 19.8. The molecule has 0 atom stereocenters. The largest absolute Gasteiger partial charge is 0.435 e. The minimum atomic E-state index is -4.55. The summed E-state index contributed by atoms with van der Waals surface area (Å²) < 4.78 is 69.9. The van der Waals surface area contributed by atoms with Gasteiger partial charge in [0.05, 0.1) is 0 Å². The molecule has 2 aromatic heterocycles. The minimum Gasteiger partial charge on any atom is -0.360 e. The van der Waals surface area contributed by atoms with E-state index in [1.165, 1.54) is 17.3 Å². The number of anilines is 1. The maximum Gasteiger partial charge on any atom is 0.435 e. The molecule has 0 spiro atoms. The molecule has 8 nitrogen and oxygen atoms in total. The highest BCUT2D eigenvalue weighted by Gasteiger charge is 2.34. The fourth-order valence-corrected chi connectivity index (χ4v) is 4.74. The van der Waals surface area contributed by atoms with Crippen molar-refractivity contribution in [1.82, 2.24) is 19.7 Å². The Balaban J connectivity index is 1.76. The predicted octanol–water partition coefficient (Wildman–Crippen LogP) is 2.00. The molecule has 0 bridgehead atoms. The fraction of sp³-hybridized carbons (Fsp3) is 0.533. The van der Waals surface area contributed by atoms with Crippen LogP contribution in [0.2, 0.25) is 0 Å². The smallest absolute Gasteiger partial charge is 0.360 e. The number of aryl methyl sites for hydroxylation is 2. The molecule has 148 valence electrons. The van der Waals surface area contributed by atoms with Gasteiger partial charge in [0, 0.05) is 26.2 Å². The number of alkyl halides is 3. The van der Waals surface area contributed by atoms with Gasteiger partial charge in [0.25, 0.3) is 0 Å². The first-order valence-corrected chi connectivity index (χ1v) is 9.63. The van der Waals surface area contributed by atoms with E-state index in [2.05, 4.69) is 15.4 Å². The van der Waals surface area contributed by atoms with Gasteiger partial charge in [-0.2, -0.15) is 17.5 Å². The second-order valence-electron chi connectivity index (χ2n) is 6.17. The number of sulfonamides is 1. The van der Waals surface area contributed by atoms with Crippen LogP contribution in [-0.4, -0.2) is 54.3 Å². The Morgan fingerprint density at radius 3 is 2.37 bits per heavy atom. The van der Waals surface area contributed by atoms with Gasteiger partial charge in [0.1, 0.15) is 10.6 Å². The maximum atomic E-state index is 12.9. The van der Waals surface area contributed by atoms with Crippen LogP contribution in [0.25, 0.3) is 0 Å². The molecule has 0 radical (unpaired) electrons. The molecule has 0 amide bonds. The summed E-state index contributed by atoms with van der Waals surface area (Å²) in [5.74, 6) is 0.502. The van der Waals surface area contributed by atoms with Gasteiger partial charge < -0.3 is 9.42 Å². The van der Waals surface area contributed by atoms with Crippen molar-refractivity contribution < 1.29 is 26.1 Å². The molecular weight excluding hydrogens is 387 g/mol. The van der Waals surface area contributed by atoms with Crippen LogP contribution < -0.4 is 4.90 Å². The maximum absolute atomic E-state index is 12.9. The Labute approximate surface area is 154 Å². The van der Waals surface area contributed by atoms with Crippen LogP contribution >= 0.6 is 0 Å². The zero-order valence-electron chi connectivity index (χ0n) is 14.7. The summed E-state index contributed by atoms with van der Waals surface area (Å²) >= 11 is 0. The van der Waals surface area contributed by atoms with Gasteiger partial charge in [-0.1, -0.05) is 5.16 Å². The first-order valence-electron chi connectivity index (χ1n) is 8.19. The average molecular weight is 405 g/mol. The fourth-order valence-electron chi connectivity index (χ4n) is 2.98. The van der Waals surface area contributed by atoms with Crippen molar-refractivity contribution >= 4 is 15.8 Å². The lowest BCUT2D eigenvalue weighted by Gasteiger charge is -2.22. The Hall–Kier alpha value is -2.21. The molecule has 1 fully saturated rings. The normalized spacial score (nSPS) is 17.1. The Morgan fingerprint density at radius 2 is 1.81 bits per heavy atom. The van der Waals surface area contributed by atoms with Crippen LogP contribution in [0.3, 0.4) is 0 Å². The third kappa shape index (κ3) is 3.90. The predicted molar refractivity (Wildman–Crippen MR) is 88.6 cm³/mol. The van der Waals surface area contributed by atoms with Crippen LogP contribution in [0, 0.1) is 13.8 Å². The molecule has 1 aliphatic rings. The van der Waals surface area contributed by atoms with Gasteiger partial charge in [-0.3, -0.25) is 0 Å². The van der Waals surface area contributed by atoms with E-state index < -0.39 is 21.9 Å². The van der Waals surface area contributed by atoms with Crippen LogP contribution in [-0.2, 0) is 16.2 Å². The van der Waals surface area contributed by atoms with Crippen molar-refractivity contribution in [1.29, 1.82) is 0 Å². The molecule has 3 heterocycles. The van der Waals surface area contributed by atoms with E-state index in [0.717, 1.165) is 6.07 Å². The van der Waals surface area contributed by atoms with E-state index in [-0.39, 0.29) is 36.1 Å². The summed E-state index contributed by atoms with van der Waals surface area (Å²) in [6.07, 6.45) is -4.06. The quantitative estimate of drug-likeness (QED) is 0.771. The average Bonchev–Trinajstić information content (AvgIpc) is 2.81. The summed E-state index contributed by atoms with van der Waals surface area (Å²) in [7, 11) is -3.77. The molecule has 0 aromatic carbocycles. The summed E-state index contributed by atoms with van der Waals surface area (Å²) in [4.78, 5) is 1.78. The molecule has 27 heavy (non-hydrogen) atoms. The van der Waals surface area contributed by atoms with Crippen molar-refractivity contribution in [3.8, 4) is 0 Å². The lowest BCUT2D eigenvalue weighted by molar-refractivity contribution is -0.141.